The number of carbonyl (C=O) groups is 1. The Labute approximate surface area is 155 Å². The number of ether oxygens (including phenoxy) is 2. The summed E-state index contributed by atoms with van der Waals surface area (Å²) in [6.45, 7) is 7.74. The van der Waals surface area contributed by atoms with E-state index in [9.17, 15) is 4.79 Å². The highest BCUT2D eigenvalue weighted by molar-refractivity contribution is 5.83. The lowest BCUT2D eigenvalue weighted by Crippen LogP contribution is -2.52. The smallest absolute Gasteiger partial charge is 0.228 e. The molecule has 3 heterocycles. The van der Waals surface area contributed by atoms with Crippen molar-refractivity contribution in [2.24, 2.45) is 5.41 Å². The van der Waals surface area contributed by atoms with Crippen LogP contribution < -0.4 is 10.6 Å². The maximum absolute atomic E-state index is 13.0. The van der Waals surface area contributed by atoms with Crippen LogP contribution in [0.15, 0.2) is 16.5 Å². The van der Waals surface area contributed by atoms with Gasteiger partial charge < -0.3 is 24.5 Å². The zero-order chi connectivity index (χ0) is 18.4. The molecule has 0 spiro atoms. The predicted octanol–water partition coefficient (Wildman–Crippen LogP) is 1.09. The van der Waals surface area contributed by atoms with Crippen LogP contribution in [0.3, 0.4) is 0 Å². The maximum Gasteiger partial charge on any atom is 0.228 e. The van der Waals surface area contributed by atoms with Gasteiger partial charge in [-0.05, 0) is 45.0 Å². The molecule has 0 radical (unpaired) electrons. The lowest BCUT2D eigenvalue weighted by Gasteiger charge is -2.37. The average molecular weight is 365 g/mol. The minimum absolute atomic E-state index is 0.0258. The van der Waals surface area contributed by atoms with Crippen LogP contribution in [-0.2, 0) is 14.3 Å². The van der Waals surface area contributed by atoms with Gasteiger partial charge in [0.2, 0.25) is 5.91 Å². The fourth-order valence-corrected chi connectivity index (χ4v) is 3.93. The molecule has 0 saturated carbocycles. The Bertz CT molecular complexity index is 572. The zero-order valence-electron chi connectivity index (χ0n) is 15.9. The third-order valence-electron chi connectivity index (χ3n) is 5.49. The largest absolute Gasteiger partial charge is 0.465 e. The van der Waals surface area contributed by atoms with Crippen molar-refractivity contribution in [1.29, 1.82) is 0 Å². The van der Waals surface area contributed by atoms with Crippen molar-refractivity contribution in [3.05, 3.63) is 23.7 Å². The molecule has 2 aliphatic rings. The van der Waals surface area contributed by atoms with E-state index in [0.29, 0.717) is 26.4 Å². The van der Waals surface area contributed by atoms with Crippen molar-refractivity contribution >= 4 is 5.91 Å². The number of furan rings is 1. The van der Waals surface area contributed by atoms with Crippen molar-refractivity contribution in [1.82, 2.24) is 15.5 Å². The standard InChI is InChI=1S/C19H31N3O4/c1-15-3-4-17(26-15)16(22-9-11-25-12-10-22)13-21-18(23)19(14-24-2)5-7-20-8-6-19/h3-4,16,20H,5-14H2,1-2H3,(H,21,23). The van der Waals surface area contributed by atoms with Gasteiger partial charge in [0.25, 0.3) is 0 Å². The van der Waals surface area contributed by atoms with Crippen LogP contribution in [0.5, 0.6) is 0 Å². The SMILES string of the molecule is COCC1(C(=O)NCC(c2ccc(C)o2)N2CCOCC2)CCNCC1. The molecule has 1 aromatic heterocycles. The number of nitrogens with zero attached hydrogens (tertiary/aromatic N) is 1. The second-order valence-electron chi connectivity index (χ2n) is 7.29. The van der Waals surface area contributed by atoms with E-state index in [-0.39, 0.29) is 11.9 Å². The van der Waals surface area contributed by atoms with E-state index in [1.165, 1.54) is 0 Å². The lowest BCUT2D eigenvalue weighted by molar-refractivity contribution is -0.136. The van der Waals surface area contributed by atoms with Gasteiger partial charge in [-0.15, -0.1) is 0 Å². The number of hydrogen-bond donors (Lipinski definition) is 2. The maximum atomic E-state index is 13.0. The molecule has 2 aliphatic heterocycles. The minimum atomic E-state index is -0.436. The Hall–Kier alpha value is -1.41. The number of carbonyl (C=O) groups excluding carboxylic acids is 1. The summed E-state index contributed by atoms with van der Waals surface area (Å²) < 4.78 is 16.7. The number of nitrogens with one attached hydrogen (secondary N) is 2. The van der Waals surface area contributed by atoms with Crippen molar-refractivity contribution in [2.75, 3.05) is 59.7 Å². The first-order valence-corrected chi connectivity index (χ1v) is 9.51. The molecule has 7 heteroatoms. The number of hydrogen-bond acceptors (Lipinski definition) is 6. The number of methoxy groups -OCH3 is 1. The second kappa shape index (κ2) is 8.99. The summed E-state index contributed by atoms with van der Waals surface area (Å²) in [5.74, 6) is 1.87. The molecule has 0 aliphatic carbocycles. The highest BCUT2D eigenvalue weighted by Gasteiger charge is 2.40. The molecule has 2 saturated heterocycles. The van der Waals surface area contributed by atoms with Crippen LogP contribution in [0.4, 0.5) is 0 Å². The van der Waals surface area contributed by atoms with Crippen molar-refractivity contribution in [3.8, 4) is 0 Å². The van der Waals surface area contributed by atoms with E-state index in [2.05, 4.69) is 15.5 Å². The number of piperidine rings is 1. The molecular formula is C19H31N3O4. The van der Waals surface area contributed by atoms with Crippen LogP contribution >= 0.6 is 0 Å². The molecular weight excluding hydrogens is 334 g/mol. The van der Waals surface area contributed by atoms with Gasteiger partial charge in [-0.3, -0.25) is 9.69 Å². The van der Waals surface area contributed by atoms with E-state index < -0.39 is 5.41 Å². The average Bonchev–Trinajstić information content (AvgIpc) is 3.10. The van der Waals surface area contributed by atoms with Gasteiger partial charge in [0, 0.05) is 26.7 Å². The Balaban J connectivity index is 1.69. The lowest BCUT2D eigenvalue weighted by atomic mass is 9.78. The summed E-state index contributed by atoms with van der Waals surface area (Å²) in [5, 5.41) is 6.52. The zero-order valence-corrected chi connectivity index (χ0v) is 15.9. The summed E-state index contributed by atoms with van der Waals surface area (Å²) in [4.78, 5) is 15.4. The molecule has 3 rings (SSSR count). The number of morpholine rings is 1. The molecule has 0 aromatic carbocycles. The van der Waals surface area contributed by atoms with Gasteiger partial charge in [-0.2, -0.15) is 0 Å². The topological polar surface area (TPSA) is 76.0 Å². The normalized spacial score (nSPS) is 22.1. The van der Waals surface area contributed by atoms with Crippen LogP contribution in [0.2, 0.25) is 0 Å². The van der Waals surface area contributed by atoms with Crippen molar-refractivity contribution in [2.45, 2.75) is 25.8 Å². The van der Waals surface area contributed by atoms with Crippen LogP contribution in [-0.4, -0.2) is 70.5 Å². The Morgan fingerprint density at radius 1 is 1.35 bits per heavy atom. The monoisotopic (exact) mass is 365 g/mol. The van der Waals surface area contributed by atoms with Gasteiger partial charge in [0.1, 0.15) is 11.5 Å². The van der Waals surface area contributed by atoms with Gasteiger partial charge in [-0.25, -0.2) is 0 Å². The molecule has 0 bridgehead atoms. The van der Waals surface area contributed by atoms with Crippen LogP contribution in [0.25, 0.3) is 0 Å². The molecule has 146 valence electrons. The Kier molecular flexibility index (Phi) is 6.69. The molecule has 2 N–H and O–H groups in total. The molecule has 1 amide bonds. The first kappa shape index (κ1) is 19.4. The highest BCUT2D eigenvalue weighted by Crippen LogP contribution is 2.30. The van der Waals surface area contributed by atoms with Crippen molar-refractivity contribution < 1.29 is 18.7 Å². The fraction of sp³-hybridized carbons (Fsp3) is 0.737. The van der Waals surface area contributed by atoms with Gasteiger partial charge >= 0.3 is 0 Å². The number of rotatable bonds is 7. The quantitative estimate of drug-likeness (QED) is 0.753. The summed E-state index contributed by atoms with van der Waals surface area (Å²) in [6, 6.07) is 4.01. The summed E-state index contributed by atoms with van der Waals surface area (Å²) >= 11 is 0. The summed E-state index contributed by atoms with van der Waals surface area (Å²) in [7, 11) is 1.67. The first-order valence-electron chi connectivity index (χ1n) is 9.51. The van der Waals surface area contributed by atoms with E-state index in [0.717, 1.165) is 50.5 Å². The Morgan fingerprint density at radius 2 is 2.08 bits per heavy atom. The molecule has 26 heavy (non-hydrogen) atoms. The molecule has 1 aromatic rings. The van der Waals surface area contributed by atoms with E-state index >= 15 is 0 Å². The van der Waals surface area contributed by atoms with Crippen molar-refractivity contribution in [3.63, 3.8) is 0 Å². The summed E-state index contributed by atoms with van der Waals surface area (Å²) in [5.41, 5.74) is -0.436. The summed E-state index contributed by atoms with van der Waals surface area (Å²) in [6.07, 6.45) is 1.60. The van der Waals surface area contributed by atoms with Crippen LogP contribution in [0, 0.1) is 12.3 Å². The Morgan fingerprint density at radius 3 is 2.69 bits per heavy atom. The molecule has 2 fully saturated rings. The van der Waals surface area contributed by atoms with Gasteiger partial charge in [0.15, 0.2) is 0 Å². The fourth-order valence-electron chi connectivity index (χ4n) is 3.93. The number of amides is 1. The van der Waals surface area contributed by atoms with E-state index in [4.69, 9.17) is 13.9 Å². The molecule has 1 atom stereocenters. The second-order valence-corrected chi connectivity index (χ2v) is 7.29. The first-order chi connectivity index (χ1) is 12.6. The number of aryl methyl sites for hydroxylation is 1. The van der Waals surface area contributed by atoms with Crippen LogP contribution in [0.1, 0.15) is 30.4 Å². The minimum Gasteiger partial charge on any atom is -0.465 e. The third kappa shape index (κ3) is 4.46. The van der Waals surface area contributed by atoms with E-state index in [1.807, 2.05) is 19.1 Å². The molecule has 7 nitrogen and oxygen atoms in total. The highest BCUT2D eigenvalue weighted by atomic mass is 16.5. The van der Waals surface area contributed by atoms with Gasteiger partial charge in [-0.1, -0.05) is 0 Å². The van der Waals surface area contributed by atoms with Gasteiger partial charge in [0.05, 0.1) is 31.3 Å². The molecule has 1 unspecified atom stereocenters. The van der Waals surface area contributed by atoms with E-state index in [1.54, 1.807) is 7.11 Å². The third-order valence-corrected chi connectivity index (χ3v) is 5.49. The predicted molar refractivity (Wildman–Crippen MR) is 98.0 cm³/mol.